The van der Waals surface area contributed by atoms with E-state index in [1.54, 1.807) is 0 Å². The van der Waals surface area contributed by atoms with Crippen molar-refractivity contribution in [2.24, 2.45) is 0 Å². The molecule has 0 aliphatic rings. The largest absolute Gasteiger partial charge is 0.382 e. The van der Waals surface area contributed by atoms with Crippen LogP contribution in [0, 0.1) is 0 Å². The molecule has 0 saturated heterocycles. The molecule has 0 unspecified atom stereocenters. The van der Waals surface area contributed by atoms with Crippen LogP contribution in [0.25, 0.3) is 0 Å². The summed E-state index contributed by atoms with van der Waals surface area (Å²) in [4.78, 5) is 0. The van der Waals surface area contributed by atoms with Gasteiger partial charge < -0.3 is 5.11 Å². The summed E-state index contributed by atoms with van der Waals surface area (Å²) in [5, 5.41) is 10.0. The summed E-state index contributed by atoms with van der Waals surface area (Å²) in [6, 6.07) is 13.6. The average Bonchev–Trinajstić information content (AvgIpc) is 2.30. The molecule has 0 saturated carbocycles. The Morgan fingerprint density at radius 1 is 1.12 bits per heavy atom. The highest BCUT2D eigenvalue weighted by atomic mass is 79.9. The predicted molar refractivity (Wildman–Crippen MR) is 65.7 cm³/mol. The maximum atomic E-state index is 10.0. The predicted octanol–water partition coefficient (Wildman–Crippen LogP) is 2.47. The molecule has 0 spiro atoms. The van der Waals surface area contributed by atoms with E-state index in [9.17, 15) is 5.11 Å². The zero-order valence-electron chi connectivity index (χ0n) is 8.75. The van der Waals surface area contributed by atoms with Crippen LogP contribution in [0.1, 0.15) is 11.7 Å². The first kappa shape index (κ1) is 11.3. The number of hydrogen-bond donors (Lipinski definition) is 1. The van der Waals surface area contributed by atoms with Crippen LogP contribution in [0.5, 0.6) is 0 Å². The van der Waals surface area contributed by atoms with E-state index in [-0.39, 0.29) is 0 Å². The molecule has 0 amide bonds. The van der Waals surface area contributed by atoms with E-state index in [4.69, 9.17) is 0 Å². The highest BCUT2D eigenvalue weighted by molar-refractivity contribution is 9.10. The van der Waals surface area contributed by atoms with Crippen molar-refractivity contribution in [3.63, 3.8) is 0 Å². The Labute approximate surface area is 103 Å². The number of pyridine rings is 1. The fraction of sp³-hybridized carbons (Fsp3) is 0.154. The molecule has 0 fully saturated rings. The smallest absolute Gasteiger partial charge is 0.183 e. The van der Waals surface area contributed by atoms with Crippen molar-refractivity contribution in [3.05, 3.63) is 64.9 Å². The fourth-order valence-electron chi connectivity index (χ4n) is 1.58. The summed E-state index contributed by atoms with van der Waals surface area (Å²) in [5.74, 6) is 0. The summed E-state index contributed by atoms with van der Waals surface area (Å²) in [6.07, 6.45) is 3.42. The van der Waals surface area contributed by atoms with Crippen molar-refractivity contribution in [1.29, 1.82) is 0 Å². The summed E-state index contributed by atoms with van der Waals surface area (Å²) >= 11 is 3.41. The van der Waals surface area contributed by atoms with Crippen LogP contribution < -0.4 is 4.57 Å². The summed E-state index contributed by atoms with van der Waals surface area (Å²) in [6.45, 7) is 0.559. The number of aromatic nitrogens is 1. The Balaban J connectivity index is 2.11. The molecule has 1 aromatic heterocycles. The third kappa shape index (κ3) is 2.90. The summed E-state index contributed by atoms with van der Waals surface area (Å²) in [7, 11) is 0. The zero-order chi connectivity index (χ0) is 11.4. The Hall–Kier alpha value is -1.19. The van der Waals surface area contributed by atoms with Crippen molar-refractivity contribution < 1.29 is 9.67 Å². The lowest BCUT2D eigenvalue weighted by molar-refractivity contribution is -0.705. The van der Waals surface area contributed by atoms with Crippen LogP contribution in [0.2, 0.25) is 0 Å². The molecule has 1 atom stereocenters. The normalized spacial score (nSPS) is 12.4. The van der Waals surface area contributed by atoms with E-state index in [0.717, 1.165) is 10.0 Å². The second kappa shape index (κ2) is 5.23. The van der Waals surface area contributed by atoms with E-state index in [1.165, 1.54) is 0 Å². The van der Waals surface area contributed by atoms with Gasteiger partial charge in [-0.2, -0.15) is 0 Å². The molecule has 0 bridgehead atoms. The van der Waals surface area contributed by atoms with Gasteiger partial charge in [0.15, 0.2) is 18.9 Å². The summed E-state index contributed by atoms with van der Waals surface area (Å²) in [5.41, 5.74) is 0.940. The van der Waals surface area contributed by atoms with Gasteiger partial charge in [0.1, 0.15) is 6.10 Å². The Bertz CT molecular complexity index is 458. The second-order valence-corrected chi connectivity index (χ2v) is 4.56. The van der Waals surface area contributed by atoms with Crippen LogP contribution in [0.3, 0.4) is 0 Å². The van der Waals surface area contributed by atoms with Crippen LogP contribution in [-0.2, 0) is 6.54 Å². The van der Waals surface area contributed by atoms with Crippen molar-refractivity contribution in [3.8, 4) is 0 Å². The minimum Gasteiger partial charge on any atom is -0.382 e. The number of hydrogen-bond acceptors (Lipinski definition) is 1. The van der Waals surface area contributed by atoms with Crippen LogP contribution >= 0.6 is 15.9 Å². The SMILES string of the molecule is O[C@@H](C[n+]1cccc(Br)c1)c1ccccc1. The number of nitrogens with zero attached hydrogens (tertiary/aromatic N) is 1. The maximum Gasteiger partial charge on any atom is 0.183 e. The molecular weight excluding hydrogens is 266 g/mol. The third-order valence-corrected chi connectivity index (χ3v) is 2.86. The molecule has 2 nitrogen and oxygen atoms in total. The molecule has 16 heavy (non-hydrogen) atoms. The standard InChI is InChI=1S/C13H13BrNO/c14-12-7-4-8-15(9-12)10-13(16)11-5-2-1-3-6-11/h1-9,13,16H,10H2/q+1/t13-/m0/s1. The van der Waals surface area contributed by atoms with Crippen LogP contribution in [0.15, 0.2) is 59.3 Å². The molecule has 2 rings (SSSR count). The molecule has 0 radical (unpaired) electrons. The second-order valence-electron chi connectivity index (χ2n) is 3.65. The molecule has 0 aliphatic carbocycles. The molecule has 1 N–H and O–H groups in total. The van der Waals surface area contributed by atoms with Crippen molar-refractivity contribution in [1.82, 2.24) is 0 Å². The number of aliphatic hydroxyl groups excluding tert-OH is 1. The lowest BCUT2D eigenvalue weighted by Gasteiger charge is -2.07. The Kier molecular flexibility index (Phi) is 3.70. The van der Waals surface area contributed by atoms with Gasteiger partial charge >= 0.3 is 0 Å². The van der Waals surface area contributed by atoms with Gasteiger partial charge in [-0.25, -0.2) is 4.57 Å². The van der Waals surface area contributed by atoms with E-state index < -0.39 is 6.10 Å². The molecule has 1 aromatic carbocycles. The van der Waals surface area contributed by atoms with E-state index in [1.807, 2.05) is 59.4 Å². The Morgan fingerprint density at radius 2 is 1.88 bits per heavy atom. The molecule has 1 heterocycles. The third-order valence-electron chi connectivity index (χ3n) is 2.39. The first-order valence-corrected chi connectivity index (χ1v) is 5.92. The molecule has 82 valence electrons. The average molecular weight is 279 g/mol. The van der Waals surface area contributed by atoms with Gasteiger partial charge in [0.05, 0.1) is 4.47 Å². The van der Waals surface area contributed by atoms with Crippen LogP contribution in [-0.4, -0.2) is 5.11 Å². The highest BCUT2D eigenvalue weighted by Gasteiger charge is 2.12. The summed E-state index contributed by atoms with van der Waals surface area (Å²) < 4.78 is 2.97. The lowest BCUT2D eigenvalue weighted by atomic mass is 10.1. The highest BCUT2D eigenvalue weighted by Crippen LogP contribution is 2.12. The monoisotopic (exact) mass is 278 g/mol. The van der Waals surface area contributed by atoms with Crippen molar-refractivity contribution >= 4 is 15.9 Å². The Morgan fingerprint density at radius 3 is 2.56 bits per heavy atom. The fourth-order valence-corrected chi connectivity index (χ4v) is 2.00. The first-order chi connectivity index (χ1) is 7.75. The van der Waals surface area contributed by atoms with E-state index >= 15 is 0 Å². The van der Waals surface area contributed by atoms with E-state index in [2.05, 4.69) is 15.9 Å². The van der Waals surface area contributed by atoms with Gasteiger partial charge in [0.2, 0.25) is 0 Å². The molecule has 0 aliphatic heterocycles. The number of aliphatic hydroxyl groups is 1. The van der Waals surface area contributed by atoms with E-state index in [0.29, 0.717) is 6.54 Å². The zero-order valence-corrected chi connectivity index (χ0v) is 10.3. The molecular formula is C13H13BrNO+. The molecule has 3 heteroatoms. The minimum absolute atomic E-state index is 0.472. The maximum absolute atomic E-state index is 10.0. The molecule has 2 aromatic rings. The van der Waals surface area contributed by atoms with Crippen molar-refractivity contribution in [2.75, 3.05) is 0 Å². The lowest BCUT2D eigenvalue weighted by Crippen LogP contribution is -2.36. The minimum atomic E-state index is -0.472. The van der Waals surface area contributed by atoms with Gasteiger partial charge in [-0.15, -0.1) is 0 Å². The quantitative estimate of drug-likeness (QED) is 0.857. The van der Waals surface area contributed by atoms with Gasteiger partial charge in [0, 0.05) is 6.07 Å². The first-order valence-electron chi connectivity index (χ1n) is 5.13. The number of halogens is 1. The number of benzene rings is 1. The van der Waals surface area contributed by atoms with Crippen molar-refractivity contribution in [2.45, 2.75) is 12.6 Å². The number of rotatable bonds is 3. The van der Waals surface area contributed by atoms with Gasteiger partial charge in [-0.1, -0.05) is 30.3 Å². The van der Waals surface area contributed by atoms with Gasteiger partial charge in [-0.3, -0.25) is 0 Å². The van der Waals surface area contributed by atoms with Gasteiger partial charge in [0.25, 0.3) is 0 Å². The van der Waals surface area contributed by atoms with Gasteiger partial charge in [-0.05, 0) is 27.6 Å². The van der Waals surface area contributed by atoms with Crippen LogP contribution in [0.4, 0.5) is 0 Å². The topological polar surface area (TPSA) is 24.1 Å².